The number of nitrogens with one attached hydrogen (secondary N) is 1. The summed E-state index contributed by atoms with van der Waals surface area (Å²) in [5.74, 6) is 5.99. The van der Waals surface area contributed by atoms with Crippen molar-refractivity contribution in [3.05, 3.63) is 60.2 Å². The van der Waals surface area contributed by atoms with Gasteiger partial charge < -0.3 is 14.8 Å². The molecule has 1 unspecified atom stereocenters. The van der Waals surface area contributed by atoms with Gasteiger partial charge in [-0.3, -0.25) is 4.79 Å². The van der Waals surface area contributed by atoms with E-state index in [2.05, 4.69) is 29.3 Å². The Labute approximate surface area is 204 Å². The van der Waals surface area contributed by atoms with Crippen molar-refractivity contribution in [2.45, 2.75) is 72.5 Å². The number of hydrogen-bond acceptors (Lipinski definition) is 4. The van der Waals surface area contributed by atoms with Crippen molar-refractivity contribution >= 4 is 12.1 Å². The van der Waals surface area contributed by atoms with Crippen LogP contribution in [0.3, 0.4) is 0 Å². The van der Waals surface area contributed by atoms with Crippen molar-refractivity contribution in [3.63, 3.8) is 0 Å². The van der Waals surface area contributed by atoms with Gasteiger partial charge in [-0.15, -0.1) is 0 Å². The molecule has 0 bridgehead atoms. The standard InChI is InChI=1S/C29H37NO4/c1-28(2,3)26(31)33-25(14-10-11-21-30-27(32)34-29(4,5)6)20-17-22-15-18-24(19-16-22)23-12-8-7-9-13-23/h7-9,12-13,15-16,18-19,25H,10-11,14,21H2,1-6H3,(H,30,32). The van der Waals surface area contributed by atoms with Gasteiger partial charge in [0.05, 0.1) is 5.41 Å². The Morgan fingerprint density at radius 2 is 1.50 bits per heavy atom. The van der Waals surface area contributed by atoms with Crippen LogP contribution in [0.25, 0.3) is 11.1 Å². The lowest BCUT2D eigenvalue weighted by Crippen LogP contribution is -2.33. The van der Waals surface area contributed by atoms with E-state index in [1.165, 1.54) is 0 Å². The van der Waals surface area contributed by atoms with Crippen LogP contribution in [-0.4, -0.2) is 30.3 Å². The minimum Gasteiger partial charge on any atom is -0.449 e. The van der Waals surface area contributed by atoms with Crippen LogP contribution in [0.1, 0.15) is 66.4 Å². The van der Waals surface area contributed by atoms with E-state index in [1.807, 2.05) is 84.0 Å². The van der Waals surface area contributed by atoms with Gasteiger partial charge in [-0.2, -0.15) is 0 Å². The van der Waals surface area contributed by atoms with Crippen LogP contribution < -0.4 is 5.32 Å². The van der Waals surface area contributed by atoms with E-state index in [4.69, 9.17) is 9.47 Å². The molecule has 0 saturated heterocycles. The summed E-state index contributed by atoms with van der Waals surface area (Å²) in [5.41, 5.74) is 2.02. The molecule has 34 heavy (non-hydrogen) atoms. The SMILES string of the molecule is CC(C)(C)OC(=O)NCCCCC(C#Cc1ccc(-c2ccccc2)cc1)OC(=O)C(C)(C)C. The van der Waals surface area contributed by atoms with Crippen molar-refractivity contribution < 1.29 is 19.1 Å². The molecule has 5 nitrogen and oxygen atoms in total. The van der Waals surface area contributed by atoms with Gasteiger partial charge in [-0.05, 0) is 84.1 Å². The van der Waals surface area contributed by atoms with Crippen LogP contribution in [0.4, 0.5) is 4.79 Å². The zero-order valence-electron chi connectivity index (χ0n) is 21.2. The van der Waals surface area contributed by atoms with Crippen molar-refractivity contribution in [3.8, 4) is 23.0 Å². The van der Waals surface area contributed by atoms with E-state index in [1.54, 1.807) is 0 Å². The Balaban J connectivity index is 1.96. The van der Waals surface area contributed by atoms with Gasteiger partial charge in [0.25, 0.3) is 0 Å². The third-order valence-electron chi connectivity index (χ3n) is 4.79. The predicted octanol–water partition coefficient (Wildman–Crippen LogP) is 6.36. The number of esters is 1. The van der Waals surface area contributed by atoms with Crippen molar-refractivity contribution in [1.29, 1.82) is 0 Å². The molecule has 0 fully saturated rings. The van der Waals surface area contributed by atoms with Gasteiger partial charge in [-0.25, -0.2) is 4.79 Å². The smallest absolute Gasteiger partial charge is 0.407 e. The fourth-order valence-electron chi connectivity index (χ4n) is 2.97. The molecule has 1 N–H and O–H groups in total. The lowest BCUT2D eigenvalue weighted by atomic mass is 9.97. The first-order valence-electron chi connectivity index (χ1n) is 11.8. The van der Waals surface area contributed by atoms with Gasteiger partial charge in [0.1, 0.15) is 5.60 Å². The zero-order chi connectivity index (χ0) is 25.2. The summed E-state index contributed by atoms with van der Waals surface area (Å²) in [6.07, 6.45) is 1.13. The van der Waals surface area contributed by atoms with Gasteiger partial charge in [0, 0.05) is 12.1 Å². The number of rotatable bonds is 7. The molecule has 0 saturated carbocycles. The predicted molar refractivity (Wildman–Crippen MR) is 136 cm³/mol. The maximum Gasteiger partial charge on any atom is 0.407 e. The number of alkyl carbamates (subject to hydrolysis) is 1. The number of unbranched alkanes of at least 4 members (excludes halogenated alkanes) is 1. The number of carbonyl (C=O) groups is 2. The van der Waals surface area contributed by atoms with E-state index >= 15 is 0 Å². The lowest BCUT2D eigenvalue weighted by Gasteiger charge is -2.21. The first-order chi connectivity index (χ1) is 15.9. The maximum absolute atomic E-state index is 12.4. The van der Waals surface area contributed by atoms with Gasteiger partial charge in [0.2, 0.25) is 0 Å². The molecule has 1 amide bonds. The molecule has 2 aromatic carbocycles. The van der Waals surface area contributed by atoms with E-state index < -0.39 is 23.2 Å². The van der Waals surface area contributed by atoms with Crippen LogP contribution in [0.5, 0.6) is 0 Å². The van der Waals surface area contributed by atoms with E-state index in [0.29, 0.717) is 13.0 Å². The van der Waals surface area contributed by atoms with Crippen molar-refractivity contribution in [2.75, 3.05) is 6.54 Å². The molecular formula is C29H37NO4. The minimum atomic E-state index is -0.602. The number of ether oxygens (including phenoxy) is 2. The molecule has 1 atom stereocenters. The van der Waals surface area contributed by atoms with Crippen LogP contribution in [0.15, 0.2) is 54.6 Å². The number of hydrogen-bond donors (Lipinski definition) is 1. The Bertz CT molecular complexity index is 987. The average Bonchev–Trinajstić information content (AvgIpc) is 2.76. The highest BCUT2D eigenvalue weighted by atomic mass is 16.6. The fraction of sp³-hybridized carbons (Fsp3) is 0.448. The monoisotopic (exact) mass is 463 g/mol. The second-order valence-electron chi connectivity index (χ2n) is 10.3. The second kappa shape index (κ2) is 12.3. The highest BCUT2D eigenvalue weighted by Crippen LogP contribution is 2.20. The molecule has 0 radical (unpaired) electrons. The first kappa shape index (κ1) is 27.0. The minimum absolute atomic E-state index is 0.280. The molecule has 0 aromatic heterocycles. The van der Waals surface area contributed by atoms with E-state index in [9.17, 15) is 9.59 Å². The number of carbonyl (C=O) groups excluding carboxylic acids is 2. The normalized spacial score (nSPS) is 12.2. The molecule has 2 rings (SSSR count). The van der Waals surface area contributed by atoms with Crippen molar-refractivity contribution in [1.82, 2.24) is 5.32 Å². The molecule has 182 valence electrons. The third kappa shape index (κ3) is 10.1. The van der Waals surface area contributed by atoms with Gasteiger partial charge >= 0.3 is 12.1 Å². The van der Waals surface area contributed by atoms with Crippen molar-refractivity contribution in [2.24, 2.45) is 5.41 Å². The summed E-state index contributed by atoms with van der Waals surface area (Å²) in [4.78, 5) is 24.2. The summed E-state index contributed by atoms with van der Waals surface area (Å²) in [5, 5.41) is 2.75. The molecular weight excluding hydrogens is 426 g/mol. The highest BCUT2D eigenvalue weighted by Gasteiger charge is 2.25. The summed E-state index contributed by atoms with van der Waals surface area (Å²) in [6, 6.07) is 18.2. The maximum atomic E-state index is 12.4. The van der Waals surface area contributed by atoms with Crippen LogP contribution >= 0.6 is 0 Å². The average molecular weight is 464 g/mol. The molecule has 0 aliphatic rings. The fourth-order valence-corrected chi connectivity index (χ4v) is 2.97. The number of benzene rings is 2. The summed E-state index contributed by atoms with van der Waals surface area (Å²) in [6.45, 7) is 11.5. The molecule has 2 aromatic rings. The Kier molecular flexibility index (Phi) is 9.74. The Morgan fingerprint density at radius 3 is 2.09 bits per heavy atom. The van der Waals surface area contributed by atoms with Gasteiger partial charge in [0.15, 0.2) is 6.10 Å². The summed E-state index contributed by atoms with van der Waals surface area (Å²) < 4.78 is 10.9. The molecule has 5 heteroatoms. The first-order valence-corrected chi connectivity index (χ1v) is 11.8. The molecule has 0 aliphatic carbocycles. The topological polar surface area (TPSA) is 64.6 Å². The van der Waals surface area contributed by atoms with E-state index in [0.717, 1.165) is 29.5 Å². The third-order valence-corrected chi connectivity index (χ3v) is 4.79. The zero-order valence-corrected chi connectivity index (χ0v) is 21.2. The lowest BCUT2D eigenvalue weighted by molar-refractivity contribution is -0.156. The summed E-state index contributed by atoms with van der Waals surface area (Å²) in [7, 11) is 0. The Morgan fingerprint density at radius 1 is 0.882 bits per heavy atom. The van der Waals surface area contributed by atoms with Crippen LogP contribution in [0.2, 0.25) is 0 Å². The highest BCUT2D eigenvalue weighted by molar-refractivity contribution is 5.75. The largest absolute Gasteiger partial charge is 0.449 e. The van der Waals surface area contributed by atoms with Crippen LogP contribution in [0, 0.1) is 17.3 Å². The molecule has 0 aliphatic heterocycles. The van der Waals surface area contributed by atoms with Gasteiger partial charge in [-0.1, -0.05) is 54.3 Å². The quantitative estimate of drug-likeness (QED) is 0.295. The second-order valence-corrected chi connectivity index (χ2v) is 10.3. The summed E-state index contributed by atoms with van der Waals surface area (Å²) >= 11 is 0. The van der Waals surface area contributed by atoms with Crippen LogP contribution in [-0.2, 0) is 14.3 Å². The molecule has 0 spiro atoms. The molecule has 0 heterocycles. The number of amides is 1. The van der Waals surface area contributed by atoms with E-state index in [-0.39, 0.29) is 5.97 Å². The Hall–Kier alpha value is -3.26.